The molecule has 4 heteroatoms. The van der Waals surface area contributed by atoms with Crippen LogP contribution >= 0.6 is 0 Å². The number of hydrogen-bond acceptors (Lipinski definition) is 2. The zero-order chi connectivity index (χ0) is 13.0. The topological polar surface area (TPSA) is 29.9 Å². The van der Waals surface area contributed by atoms with Gasteiger partial charge in [0.05, 0.1) is 17.1 Å². The largest absolute Gasteiger partial charge is 0.307 e. The van der Waals surface area contributed by atoms with Crippen molar-refractivity contribution in [2.24, 2.45) is 0 Å². The average molecular weight is 257 g/mol. The lowest BCUT2D eigenvalue weighted by atomic mass is 10.00. The van der Waals surface area contributed by atoms with E-state index in [0.717, 1.165) is 17.8 Å². The molecule has 1 fully saturated rings. The predicted octanol–water partition coefficient (Wildman–Crippen LogP) is 2.67. The Labute approximate surface area is 111 Å². The van der Waals surface area contributed by atoms with Crippen molar-refractivity contribution in [1.82, 2.24) is 15.1 Å². The number of aryl methyl sites for hydroxylation is 1. The number of benzene rings is 1. The second-order valence-electron chi connectivity index (χ2n) is 5.53. The molecule has 1 saturated heterocycles. The van der Waals surface area contributed by atoms with E-state index in [-0.39, 0.29) is 5.82 Å². The normalized spacial score (nSPS) is 24.5. The van der Waals surface area contributed by atoms with Crippen molar-refractivity contribution in [3.05, 3.63) is 47.0 Å². The first kappa shape index (κ1) is 11.2. The number of nitrogens with one attached hydrogen (secondary N) is 1. The molecule has 3 heterocycles. The Bertz CT molecular complexity index is 630. The molecule has 0 saturated carbocycles. The molecule has 0 spiro atoms. The fourth-order valence-electron chi connectivity index (χ4n) is 3.47. The summed E-state index contributed by atoms with van der Waals surface area (Å²) in [4.78, 5) is 0. The molecule has 1 N–H and O–H groups in total. The van der Waals surface area contributed by atoms with E-state index in [9.17, 15) is 4.39 Å². The minimum absolute atomic E-state index is 0.205. The number of hydrogen-bond donors (Lipinski definition) is 1. The van der Waals surface area contributed by atoms with Crippen LogP contribution in [0.1, 0.15) is 35.8 Å². The quantitative estimate of drug-likeness (QED) is 0.851. The molecular formula is C15H16FN3. The zero-order valence-electron chi connectivity index (χ0n) is 10.9. The van der Waals surface area contributed by atoms with Crippen molar-refractivity contribution >= 4 is 0 Å². The van der Waals surface area contributed by atoms with Gasteiger partial charge < -0.3 is 5.32 Å². The third-order valence-corrected chi connectivity index (χ3v) is 4.31. The molecule has 0 amide bonds. The van der Waals surface area contributed by atoms with Gasteiger partial charge in [-0.05, 0) is 44.0 Å². The van der Waals surface area contributed by atoms with Crippen LogP contribution in [0, 0.1) is 12.7 Å². The maximum atomic E-state index is 13.0. The van der Waals surface area contributed by atoms with E-state index < -0.39 is 0 Å². The standard InChI is InChI=1S/C15H16FN3/c1-9-15-13-7-4-11(17-13)8-14(15)19(18-9)12-5-2-10(16)3-6-12/h2-3,5-6,11,13,17H,4,7-8H2,1H3. The molecule has 2 bridgehead atoms. The number of fused-ring (bicyclic) bond motifs is 4. The van der Waals surface area contributed by atoms with Crippen molar-refractivity contribution in [3.8, 4) is 5.69 Å². The van der Waals surface area contributed by atoms with Gasteiger partial charge in [0.15, 0.2) is 0 Å². The average Bonchev–Trinajstić information content (AvgIpc) is 2.93. The van der Waals surface area contributed by atoms with E-state index in [1.807, 2.05) is 4.68 Å². The van der Waals surface area contributed by atoms with Crippen molar-refractivity contribution in [3.63, 3.8) is 0 Å². The van der Waals surface area contributed by atoms with Gasteiger partial charge in [0.25, 0.3) is 0 Å². The zero-order valence-corrected chi connectivity index (χ0v) is 10.9. The molecule has 2 atom stereocenters. The lowest BCUT2D eigenvalue weighted by Crippen LogP contribution is -2.32. The number of aromatic nitrogens is 2. The minimum Gasteiger partial charge on any atom is -0.307 e. The predicted molar refractivity (Wildman–Crippen MR) is 70.9 cm³/mol. The van der Waals surface area contributed by atoms with Crippen LogP contribution in [0.2, 0.25) is 0 Å². The summed E-state index contributed by atoms with van der Waals surface area (Å²) in [5.74, 6) is -0.205. The minimum atomic E-state index is -0.205. The Hall–Kier alpha value is -1.68. The summed E-state index contributed by atoms with van der Waals surface area (Å²) >= 11 is 0. The number of rotatable bonds is 1. The van der Waals surface area contributed by atoms with Gasteiger partial charge >= 0.3 is 0 Å². The van der Waals surface area contributed by atoms with Crippen LogP contribution in [-0.4, -0.2) is 15.8 Å². The molecule has 2 aliphatic rings. The Morgan fingerprint density at radius 3 is 2.84 bits per heavy atom. The summed E-state index contributed by atoms with van der Waals surface area (Å²) in [6.07, 6.45) is 3.46. The number of nitrogens with zero attached hydrogens (tertiary/aromatic N) is 2. The second kappa shape index (κ2) is 3.90. The fourth-order valence-corrected chi connectivity index (χ4v) is 3.47. The van der Waals surface area contributed by atoms with Crippen LogP contribution in [0.25, 0.3) is 5.69 Å². The summed E-state index contributed by atoms with van der Waals surface area (Å²) in [5.41, 5.74) is 4.71. The second-order valence-corrected chi connectivity index (χ2v) is 5.53. The van der Waals surface area contributed by atoms with E-state index in [1.54, 1.807) is 12.1 Å². The van der Waals surface area contributed by atoms with E-state index >= 15 is 0 Å². The highest BCUT2D eigenvalue weighted by atomic mass is 19.1. The molecule has 0 aliphatic carbocycles. The summed E-state index contributed by atoms with van der Waals surface area (Å²) in [6.45, 7) is 2.07. The first-order valence-electron chi connectivity index (χ1n) is 6.83. The Balaban J connectivity index is 1.86. The van der Waals surface area contributed by atoms with Gasteiger partial charge in [0.1, 0.15) is 5.82 Å². The molecule has 2 unspecified atom stereocenters. The van der Waals surface area contributed by atoms with Gasteiger partial charge in [-0.1, -0.05) is 0 Å². The Morgan fingerprint density at radius 1 is 1.26 bits per heavy atom. The molecule has 1 aromatic heterocycles. The van der Waals surface area contributed by atoms with Gasteiger partial charge in [-0.3, -0.25) is 0 Å². The first-order valence-corrected chi connectivity index (χ1v) is 6.83. The highest BCUT2D eigenvalue weighted by Crippen LogP contribution is 2.38. The van der Waals surface area contributed by atoms with E-state index in [2.05, 4.69) is 17.3 Å². The summed E-state index contributed by atoms with van der Waals surface area (Å²) in [7, 11) is 0. The Morgan fingerprint density at radius 2 is 2.05 bits per heavy atom. The Kier molecular flexibility index (Phi) is 2.30. The van der Waals surface area contributed by atoms with Crippen molar-refractivity contribution in [2.75, 3.05) is 0 Å². The van der Waals surface area contributed by atoms with Crippen molar-refractivity contribution < 1.29 is 4.39 Å². The maximum Gasteiger partial charge on any atom is 0.123 e. The highest BCUT2D eigenvalue weighted by molar-refractivity contribution is 5.41. The van der Waals surface area contributed by atoms with Crippen LogP contribution in [0.4, 0.5) is 4.39 Å². The molecular weight excluding hydrogens is 241 g/mol. The van der Waals surface area contributed by atoms with Gasteiger partial charge in [-0.2, -0.15) is 5.10 Å². The van der Waals surface area contributed by atoms with Gasteiger partial charge in [0, 0.05) is 24.1 Å². The molecule has 3 nitrogen and oxygen atoms in total. The van der Waals surface area contributed by atoms with E-state index in [4.69, 9.17) is 0 Å². The first-order chi connectivity index (χ1) is 9.22. The lowest BCUT2D eigenvalue weighted by molar-refractivity contribution is 0.503. The SMILES string of the molecule is Cc1nn(-c2ccc(F)cc2)c2c1C1CCC(C2)N1. The molecule has 0 radical (unpaired) electrons. The highest BCUT2D eigenvalue weighted by Gasteiger charge is 2.36. The van der Waals surface area contributed by atoms with Crippen LogP contribution in [0.15, 0.2) is 24.3 Å². The van der Waals surface area contributed by atoms with Crippen LogP contribution in [0.3, 0.4) is 0 Å². The van der Waals surface area contributed by atoms with E-state index in [1.165, 1.54) is 36.2 Å². The lowest BCUT2D eigenvalue weighted by Gasteiger charge is -2.23. The smallest absolute Gasteiger partial charge is 0.123 e. The molecule has 1 aromatic carbocycles. The van der Waals surface area contributed by atoms with Crippen molar-refractivity contribution in [1.29, 1.82) is 0 Å². The van der Waals surface area contributed by atoms with Gasteiger partial charge in [-0.15, -0.1) is 0 Å². The maximum absolute atomic E-state index is 13.0. The molecule has 98 valence electrons. The molecule has 2 aromatic rings. The third kappa shape index (κ3) is 1.63. The molecule has 2 aliphatic heterocycles. The number of halogens is 1. The van der Waals surface area contributed by atoms with Crippen molar-refractivity contribution in [2.45, 2.75) is 38.3 Å². The van der Waals surface area contributed by atoms with Crippen LogP contribution in [-0.2, 0) is 6.42 Å². The molecule has 19 heavy (non-hydrogen) atoms. The monoisotopic (exact) mass is 257 g/mol. The fraction of sp³-hybridized carbons (Fsp3) is 0.400. The van der Waals surface area contributed by atoms with Gasteiger partial charge in [-0.25, -0.2) is 9.07 Å². The summed E-state index contributed by atoms with van der Waals surface area (Å²) in [5, 5.41) is 8.31. The van der Waals surface area contributed by atoms with Crippen LogP contribution < -0.4 is 5.32 Å². The van der Waals surface area contributed by atoms with Gasteiger partial charge in [0.2, 0.25) is 0 Å². The van der Waals surface area contributed by atoms with E-state index in [0.29, 0.717) is 12.1 Å². The summed E-state index contributed by atoms with van der Waals surface area (Å²) in [6, 6.07) is 7.62. The third-order valence-electron chi connectivity index (χ3n) is 4.31. The molecule has 4 rings (SSSR count). The summed E-state index contributed by atoms with van der Waals surface area (Å²) < 4.78 is 15.0. The van der Waals surface area contributed by atoms with Crippen LogP contribution in [0.5, 0.6) is 0 Å².